The van der Waals surface area contributed by atoms with Gasteiger partial charge < -0.3 is 15.6 Å². The molecule has 0 aliphatic rings. The van der Waals surface area contributed by atoms with E-state index in [0.717, 1.165) is 0 Å². The summed E-state index contributed by atoms with van der Waals surface area (Å²) in [6.45, 7) is 0. The summed E-state index contributed by atoms with van der Waals surface area (Å²) >= 11 is 0. The minimum absolute atomic E-state index is 0.262. The lowest BCUT2D eigenvalue weighted by molar-refractivity contribution is 0.0295. The Morgan fingerprint density at radius 1 is 1.00 bits per heavy atom. The van der Waals surface area contributed by atoms with E-state index >= 15 is 0 Å². The fourth-order valence-electron chi connectivity index (χ4n) is 0.788. The van der Waals surface area contributed by atoms with E-state index in [9.17, 15) is 10.4 Å². The van der Waals surface area contributed by atoms with E-state index < -0.39 is 5.23 Å². The molecule has 0 aliphatic heterocycles. The molecule has 0 aliphatic carbocycles. The Morgan fingerprint density at radius 3 is 1.83 bits per heavy atom. The van der Waals surface area contributed by atoms with Crippen LogP contribution in [0.4, 0.5) is 11.4 Å². The Morgan fingerprint density at radius 2 is 1.50 bits per heavy atom. The summed E-state index contributed by atoms with van der Waals surface area (Å²) in [5.74, 6) is 0. The zero-order valence-electron chi connectivity index (χ0n) is 5.91. The summed E-state index contributed by atoms with van der Waals surface area (Å²) in [6.07, 6.45) is 0. The molecule has 0 atom stereocenters. The Kier molecular flexibility index (Phi) is 2.46. The van der Waals surface area contributed by atoms with Crippen molar-refractivity contribution in [3.05, 3.63) is 34.7 Å². The van der Waals surface area contributed by atoms with Crippen LogP contribution in [0.5, 0.6) is 0 Å². The van der Waals surface area contributed by atoms with Crippen LogP contribution >= 0.6 is 0 Å². The van der Waals surface area contributed by atoms with E-state index in [-0.39, 0.29) is 16.6 Å². The summed E-state index contributed by atoms with van der Waals surface area (Å²) in [7, 11) is 0. The minimum atomic E-state index is -0.700. The first-order valence-electron chi connectivity index (χ1n) is 3.04. The molecule has 0 fully saturated rings. The molecular formula is C6H6N2O4-2. The summed E-state index contributed by atoms with van der Waals surface area (Å²) < 4.78 is 0. The van der Waals surface area contributed by atoms with E-state index in [2.05, 4.69) is 0 Å². The molecule has 1 aromatic carbocycles. The first-order valence-corrected chi connectivity index (χ1v) is 3.04. The van der Waals surface area contributed by atoms with Crippen molar-refractivity contribution in [3.8, 4) is 0 Å². The monoisotopic (exact) mass is 170 g/mol. The number of anilines is 2. The Bertz CT molecular complexity index is 236. The van der Waals surface area contributed by atoms with Crippen molar-refractivity contribution in [2.45, 2.75) is 0 Å². The first kappa shape index (κ1) is 8.75. The zero-order chi connectivity index (χ0) is 9.14. The van der Waals surface area contributed by atoms with Gasteiger partial charge in [0.1, 0.15) is 5.69 Å². The molecule has 0 heterocycles. The fourth-order valence-corrected chi connectivity index (χ4v) is 0.788. The minimum Gasteiger partial charge on any atom is -0.769 e. The van der Waals surface area contributed by atoms with Gasteiger partial charge in [-0.2, -0.15) is 0 Å². The van der Waals surface area contributed by atoms with Gasteiger partial charge in [-0.25, -0.2) is 0 Å². The van der Waals surface area contributed by atoms with Crippen LogP contribution in [-0.2, 0) is 0 Å². The number of benzene rings is 1. The maximum absolute atomic E-state index is 10.3. The lowest BCUT2D eigenvalue weighted by atomic mass is 10.3. The summed E-state index contributed by atoms with van der Waals surface area (Å²) in [5, 5.41) is 36.7. The molecule has 0 unspecified atom stereocenters. The molecule has 66 valence electrons. The molecule has 12 heavy (non-hydrogen) atoms. The molecule has 1 rings (SSSR count). The van der Waals surface area contributed by atoms with Crippen LogP contribution in [-0.4, -0.2) is 10.4 Å². The molecule has 6 heteroatoms. The topological polar surface area (TPSA) is 93.1 Å². The SMILES string of the molecule is [O-]N([O-])c1ccccc1N(O)O. The molecule has 0 saturated heterocycles. The first-order chi connectivity index (χ1) is 5.63. The van der Waals surface area contributed by atoms with Crippen molar-refractivity contribution in [2.24, 2.45) is 0 Å². The highest BCUT2D eigenvalue weighted by Gasteiger charge is 2.02. The Balaban J connectivity index is 3.09. The molecule has 6 nitrogen and oxygen atoms in total. The van der Waals surface area contributed by atoms with E-state index in [1.165, 1.54) is 24.3 Å². The molecule has 0 radical (unpaired) electrons. The fraction of sp³-hybridized carbons (Fsp3) is 0. The van der Waals surface area contributed by atoms with Gasteiger partial charge in [-0.15, -0.1) is 5.23 Å². The van der Waals surface area contributed by atoms with Gasteiger partial charge in [0.15, 0.2) is 0 Å². The van der Waals surface area contributed by atoms with E-state index in [1.807, 2.05) is 0 Å². The molecule has 0 spiro atoms. The third-order valence-corrected chi connectivity index (χ3v) is 1.29. The molecule has 0 saturated carbocycles. The normalized spacial score (nSPS) is 9.67. The van der Waals surface area contributed by atoms with Crippen molar-refractivity contribution in [1.82, 2.24) is 0 Å². The van der Waals surface area contributed by atoms with Crippen molar-refractivity contribution in [2.75, 3.05) is 10.5 Å². The summed E-state index contributed by atoms with van der Waals surface area (Å²) in [6, 6.07) is 5.29. The van der Waals surface area contributed by atoms with E-state index in [0.29, 0.717) is 0 Å². The van der Waals surface area contributed by atoms with Crippen molar-refractivity contribution in [1.29, 1.82) is 0 Å². The van der Waals surface area contributed by atoms with Crippen LogP contribution in [0.3, 0.4) is 0 Å². The van der Waals surface area contributed by atoms with Crippen LogP contribution < -0.4 is 10.5 Å². The average Bonchev–Trinajstić information content (AvgIpc) is 2.04. The second-order valence-electron chi connectivity index (χ2n) is 2.04. The average molecular weight is 170 g/mol. The van der Waals surface area contributed by atoms with Crippen LogP contribution in [0.15, 0.2) is 24.3 Å². The van der Waals surface area contributed by atoms with Gasteiger partial charge in [0.05, 0.1) is 0 Å². The van der Waals surface area contributed by atoms with Crippen LogP contribution in [0.2, 0.25) is 0 Å². The molecule has 1 aromatic rings. The van der Waals surface area contributed by atoms with Crippen molar-refractivity contribution >= 4 is 11.4 Å². The molecule has 2 N–H and O–H groups in total. The van der Waals surface area contributed by atoms with Gasteiger partial charge >= 0.3 is 0 Å². The van der Waals surface area contributed by atoms with Gasteiger partial charge in [0.2, 0.25) is 0 Å². The maximum atomic E-state index is 10.3. The third kappa shape index (κ3) is 1.63. The van der Waals surface area contributed by atoms with Crippen molar-refractivity contribution < 1.29 is 10.4 Å². The Labute approximate surface area is 67.9 Å². The van der Waals surface area contributed by atoms with Gasteiger partial charge in [-0.3, -0.25) is 10.4 Å². The van der Waals surface area contributed by atoms with Crippen LogP contribution in [0.1, 0.15) is 0 Å². The highest BCUT2D eigenvalue weighted by Crippen LogP contribution is 2.25. The predicted molar refractivity (Wildman–Crippen MR) is 41.7 cm³/mol. The molecule has 0 amide bonds. The van der Waals surface area contributed by atoms with Crippen LogP contribution in [0, 0.1) is 10.4 Å². The van der Waals surface area contributed by atoms with Crippen molar-refractivity contribution in [3.63, 3.8) is 0 Å². The molecular weight excluding hydrogens is 164 g/mol. The number of para-hydroxylation sites is 2. The van der Waals surface area contributed by atoms with Gasteiger partial charge in [-0.1, -0.05) is 12.1 Å². The van der Waals surface area contributed by atoms with E-state index in [4.69, 9.17) is 10.4 Å². The largest absolute Gasteiger partial charge is 0.769 e. The smallest absolute Gasteiger partial charge is 0.116 e. The van der Waals surface area contributed by atoms with Gasteiger partial charge in [0.25, 0.3) is 0 Å². The maximum Gasteiger partial charge on any atom is 0.116 e. The standard InChI is InChI=1S/C6H6N2O4/c9-7(10)5-3-1-2-4-6(5)8(11)12/h1-4,9-10H/q-2. The zero-order valence-corrected chi connectivity index (χ0v) is 5.91. The Hall–Kier alpha value is -1.34. The number of rotatable bonds is 2. The lowest BCUT2D eigenvalue weighted by Crippen LogP contribution is -2.15. The summed E-state index contributed by atoms with van der Waals surface area (Å²) in [5.41, 5.74) is -0.620. The highest BCUT2D eigenvalue weighted by molar-refractivity contribution is 5.69. The molecule has 0 bridgehead atoms. The van der Waals surface area contributed by atoms with E-state index in [1.54, 1.807) is 0 Å². The predicted octanol–water partition coefficient (Wildman–Crippen LogP) is 1.07. The van der Waals surface area contributed by atoms with Crippen LogP contribution in [0.25, 0.3) is 0 Å². The second kappa shape index (κ2) is 3.37. The lowest BCUT2D eigenvalue weighted by Gasteiger charge is -2.39. The second-order valence-corrected chi connectivity index (χ2v) is 2.04. The van der Waals surface area contributed by atoms with Gasteiger partial charge in [0, 0.05) is 5.69 Å². The number of hydrogen-bond donors (Lipinski definition) is 2. The molecule has 0 aromatic heterocycles. The highest BCUT2D eigenvalue weighted by atomic mass is 16.8. The van der Waals surface area contributed by atoms with Gasteiger partial charge in [-0.05, 0) is 12.1 Å². The quantitative estimate of drug-likeness (QED) is 0.645. The summed E-state index contributed by atoms with van der Waals surface area (Å²) in [4.78, 5) is 0. The third-order valence-electron chi connectivity index (χ3n) is 1.29. The number of hydrogen-bond acceptors (Lipinski definition) is 6. The number of nitrogens with zero attached hydrogens (tertiary/aromatic N) is 2.